The quantitative estimate of drug-likeness (QED) is 0.353. The van der Waals surface area contributed by atoms with E-state index in [-0.39, 0.29) is 6.10 Å². The molecular weight excluding hydrogens is 392 g/mol. The average Bonchev–Trinajstić information content (AvgIpc) is 3.40. The maximum Gasteiger partial charge on any atom is 0.182 e. The van der Waals surface area contributed by atoms with Crippen LogP contribution < -0.4 is 20.5 Å². The molecule has 4 N–H and O–H groups in total. The summed E-state index contributed by atoms with van der Waals surface area (Å²) < 4.78 is 17.4. The fraction of sp³-hybridized carbons (Fsp3) is 0.520. The molecule has 2 aromatic carbocycles. The number of nitrogens with two attached hydrogens (primary N) is 1. The van der Waals surface area contributed by atoms with Crippen LogP contribution in [0.15, 0.2) is 24.3 Å². The van der Waals surface area contributed by atoms with Gasteiger partial charge in [-0.05, 0) is 100 Å². The Morgan fingerprint density at radius 2 is 1.52 bits per heavy atom. The Balaban J connectivity index is 1.59. The Labute approximate surface area is 185 Å². The molecular formula is C25H36N2O4. The van der Waals surface area contributed by atoms with E-state index >= 15 is 0 Å². The van der Waals surface area contributed by atoms with E-state index < -0.39 is 6.29 Å². The molecule has 0 aromatic heterocycles. The maximum absolute atomic E-state index is 9.40. The first-order valence-electron chi connectivity index (χ1n) is 11.2. The third kappa shape index (κ3) is 6.68. The predicted molar refractivity (Wildman–Crippen MR) is 123 cm³/mol. The summed E-state index contributed by atoms with van der Waals surface area (Å²) in [6.45, 7) is 11.5. The van der Waals surface area contributed by atoms with Crippen LogP contribution in [0.4, 0.5) is 0 Å². The summed E-state index contributed by atoms with van der Waals surface area (Å²) in [5.74, 6) is 2.61. The van der Waals surface area contributed by atoms with Crippen LogP contribution in [0.5, 0.6) is 17.2 Å². The third-order valence-electron chi connectivity index (χ3n) is 5.47. The van der Waals surface area contributed by atoms with Crippen molar-refractivity contribution in [3.63, 3.8) is 0 Å². The number of hydrogen-bond donors (Lipinski definition) is 3. The van der Waals surface area contributed by atoms with Crippen LogP contribution in [0.3, 0.4) is 0 Å². The van der Waals surface area contributed by atoms with Crippen molar-refractivity contribution < 1.29 is 19.3 Å². The Hall–Kier alpha value is -2.12. The van der Waals surface area contributed by atoms with Crippen LogP contribution >= 0.6 is 0 Å². The zero-order valence-corrected chi connectivity index (χ0v) is 19.2. The van der Waals surface area contributed by atoms with Gasteiger partial charge in [0.1, 0.15) is 23.4 Å². The molecule has 0 aliphatic carbocycles. The lowest BCUT2D eigenvalue weighted by molar-refractivity contribution is 0.156. The zero-order valence-electron chi connectivity index (χ0n) is 19.2. The Morgan fingerprint density at radius 3 is 2.10 bits per heavy atom. The van der Waals surface area contributed by atoms with E-state index in [0.717, 1.165) is 84.0 Å². The number of benzene rings is 2. The summed E-state index contributed by atoms with van der Waals surface area (Å²) in [7, 11) is 0. The molecule has 1 aliphatic rings. The summed E-state index contributed by atoms with van der Waals surface area (Å²) >= 11 is 0. The number of aryl methyl sites for hydroxylation is 4. The normalized spacial score (nSPS) is 17.6. The monoisotopic (exact) mass is 428 g/mol. The standard InChI is InChI=1S/C25H36N2O4/c1-16-11-20(15-22-25(28)31-22)12-17(2)24(16)30-21-13-18(3)23(19(4)14-21)29-10-6-9-27-8-5-7-26/h11-14,22,25,27-28H,5-10,15,26H2,1-4H3. The highest BCUT2D eigenvalue weighted by atomic mass is 16.7. The van der Waals surface area contributed by atoms with Gasteiger partial charge in [-0.15, -0.1) is 0 Å². The molecule has 2 unspecified atom stereocenters. The van der Waals surface area contributed by atoms with Gasteiger partial charge >= 0.3 is 0 Å². The van der Waals surface area contributed by atoms with Crippen LogP contribution in [0.2, 0.25) is 0 Å². The predicted octanol–water partition coefficient (Wildman–Crippen LogP) is 3.68. The molecule has 2 atom stereocenters. The van der Waals surface area contributed by atoms with Gasteiger partial charge in [0, 0.05) is 6.42 Å². The van der Waals surface area contributed by atoms with E-state index in [9.17, 15) is 5.11 Å². The molecule has 6 heteroatoms. The van der Waals surface area contributed by atoms with E-state index in [1.807, 2.05) is 12.1 Å². The van der Waals surface area contributed by atoms with Gasteiger partial charge in [-0.1, -0.05) is 12.1 Å². The summed E-state index contributed by atoms with van der Waals surface area (Å²) in [5.41, 5.74) is 10.9. The van der Waals surface area contributed by atoms with Crippen molar-refractivity contribution in [2.24, 2.45) is 5.73 Å². The molecule has 0 radical (unpaired) electrons. The minimum Gasteiger partial charge on any atom is -0.493 e. The van der Waals surface area contributed by atoms with Crippen molar-refractivity contribution in [1.29, 1.82) is 0 Å². The van der Waals surface area contributed by atoms with Crippen LogP contribution in [-0.2, 0) is 11.2 Å². The second kappa shape index (κ2) is 11.0. The molecule has 2 aromatic rings. The largest absolute Gasteiger partial charge is 0.493 e. The average molecular weight is 429 g/mol. The van der Waals surface area contributed by atoms with Gasteiger partial charge in [-0.2, -0.15) is 0 Å². The van der Waals surface area contributed by atoms with Gasteiger partial charge in [-0.3, -0.25) is 0 Å². The SMILES string of the molecule is Cc1cc(Oc2c(C)cc(CC3OC3O)cc2C)cc(C)c1OCCCNCCCN. The van der Waals surface area contributed by atoms with E-state index in [4.69, 9.17) is 19.9 Å². The molecule has 170 valence electrons. The molecule has 1 saturated heterocycles. The van der Waals surface area contributed by atoms with Gasteiger partial charge < -0.3 is 30.4 Å². The highest BCUT2D eigenvalue weighted by molar-refractivity contribution is 5.50. The van der Waals surface area contributed by atoms with Crippen LogP contribution in [0.25, 0.3) is 0 Å². The molecule has 0 bridgehead atoms. The summed E-state index contributed by atoms with van der Waals surface area (Å²) in [6.07, 6.45) is 1.98. The zero-order chi connectivity index (χ0) is 22.4. The van der Waals surface area contributed by atoms with Gasteiger partial charge in [-0.25, -0.2) is 0 Å². The first kappa shape index (κ1) is 23.5. The van der Waals surface area contributed by atoms with Gasteiger partial charge in [0.25, 0.3) is 0 Å². The van der Waals surface area contributed by atoms with Crippen LogP contribution in [-0.4, -0.2) is 43.7 Å². The fourth-order valence-corrected chi connectivity index (χ4v) is 3.87. The Morgan fingerprint density at radius 1 is 0.935 bits per heavy atom. The number of aliphatic hydroxyl groups is 1. The first-order valence-corrected chi connectivity index (χ1v) is 11.2. The van der Waals surface area contributed by atoms with Crippen molar-refractivity contribution in [3.8, 4) is 17.2 Å². The number of nitrogens with one attached hydrogen (secondary N) is 1. The number of ether oxygens (including phenoxy) is 3. The molecule has 31 heavy (non-hydrogen) atoms. The van der Waals surface area contributed by atoms with Crippen molar-refractivity contribution in [2.45, 2.75) is 59.4 Å². The molecule has 0 saturated carbocycles. The van der Waals surface area contributed by atoms with Crippen molar-refractivity contribution in [1.82, 2.24) is 5.32 Å². The number of rotatable bonds is 12. The van der Waals surface area contributed by atoms with Crippen molar-refractivity contribution in [2.75, 3.05) is 26.2 Å². The lowest BCUT2D eigenvalue weighted by atomic mass is 10.0. The molecule has 1 aliphatic heterocycles. The minimum absolute atomic E-state index is 0.0786. The molecule has 6 nitrogen and oxygen atoms in total. The van der Waals surface area contributed by atoms with Crippen molar-refractivity contribution in [3.05, 3.63) is 52.1 Å². The highest BCUT2D eigenvalue weighted by Crippen LogP contribution is 2.35. The van der Waals surface area contributed by atoms with E-state index in [1.54, 1.807) is 0 Å². The Kier molecular flexibility index (Phi) is 8.32. The number of aliphatic hydroxyl groups excluding tert-OH is 1. The Bertz CT molecular complexity index is 838. The summed E-state index contributed by atoms with van der Waals surface area (Å²) in [4.78, 5) is 0. The first-order chi connectivity index (χ1) is 14.9. The highest BCUT2D eigenvalue weighted by Gasteiger charge is 2.36. The van der Waals surface area contributed by atoms with E-state index in [1.165, 1.54) is 0 Å². The topological polar surface area (TPSA) is 89.3 Å². The number of epoxide rings is 1. The van der Waals surface area contributed by atoms with Crippen molar-refractivity contribution >= 4 is 0 Å². The second-order valence-electron chi connectivity index (χ2n) is 8.41. The van der Waals surface area contributed by atoms with Gasteiger partial charge in [0.15, 0.2) is 6.29 Å². The fourth-order valence-electron chi connectivity index (χ4n) is 3.87. The molecule has 1 heterocycles. The van der Waals surface area contributed by atoms with Gasteiger partial charge in [0.05, 0.1) is 6.61 Å². The van der Waals surface area contributed by atoms with E-state index in [0.29, 0.717) is 6.61 Å². The lowest BCUT2D eigenvalue weighted by Crippen LogP contribution is -2.20. The third-order valence-corrected chi connectivity index (χ3v) is 5.47. The lowest BCUT2D eigenvalue weighted by Gasteiger charge is -2.17. The molecule has 1 fully saturated rings. The van der Waals surface area contributed by atoms with E-state index in [2.05, 4.69) is 45.1 Å². The molecule has 0 amide bonds. The minimum atomic E-state index is -0.615. The second-order valence-corrected chi connectivity index (χ2v) is 8.41. The smallest absolute Gasteiger partial charge is 0.182 e. The van der Waals surface area contributed by atoms with Crippen LogP contribution in [0, 0.1) is 27.7 Å². The summed E-state index contributed by atoms with van der Waals surface area (Å²) in [6, 6.07) is 8.27. The molecule has 3 rings (SSSR count). The number of hydrogen-bond acceptors (Lipinski definition) is 6. The summed E-state index contributed by atoms with van der Waals surface area (Å²) in [5, 5.41) is 12.8. The van der Waals surface area contributed by atoms with Crippen LogP contribution in [0.1, 0.15) is 40.7 Å². The van der Waals surface area contributed by atoms with Gasteiger partial charge in [0.2, 0.25) is 0 Å². The maximum atomic E-state index is 9.40. The molecule has 0 spiro atoms.